The molecule has 2 aromatic rings. The number of hydrogen-bond donors (Lipinski definition) is 1. The van der Waals surface area contributed by atoms with Crippen LogP contribution in [0, 0.1) is 0 Å². The van der Waals surface area contributed by atoms with Gasteiger partial charge in [-0.2, -0.15) is 0 Å². The third kappa shape index (κ3) is 4.49. The predicted octanol–water partition coefficient (Wildman–Crippen LogP) is 4.04. The lowest BCUT2D eigenvalue weighted by atomic mass is 10.1. The minimum absolute atomic E-state index is 0.0524. The van der Waals surface area contributed by atoms with Gasteiger partial charge in [0, 0.05) is 17.0 Å². The van der Waals surface area contributed by atoms with Gasteiger partial charge in [-0.1, -0.05) is 28.1 Å². The molecule has 0 aliphatic carbocycles. The number of halogens is 1. The summed E-state index contributed by atoms with van der Waals surface area (Å²) >= 11 is 3.43. The summed E-state index contributed by atoms with van der Waals surface area (Å²) < 4.78 is 11.4. The predicted molar refractivity (Wildman–Crippen MR) is 90.6 cm³/mol. The molecule has 0 fully saturated rings. The Morgan fingerprint density at radius 2 is 1.95 bits per heavy atom. The Labute approximate surface area is 138 Å². The molecule has 2 rings (SSSR count). The van der Waals surface area contributed by atoms with Gasteiger partial charge in [0.05, 0.1) is 19.9 Å². The lowest BCUT2D eigenvalue weighted by Crippen LogP contribution is -2.13. The van der Waals surface area contributed by atoms with Crippen molar-refractivity contribution in [2.24, 2.45) is 0 Å². The third-order valence-corrected chi connectivity index (χ3v) is 3.71. The fourth-order valence-electron chi connectivity index (χ4n) is 2.06. The molecule has 0 saturated heterocycles. The number of carbonyl (C=O) groups is 1. The van der Waals surface area contributed by atoms with E-state index in [1.54, 1.807) is 32.4 Å². The maximum atomic E-state index is 12.1. The number of rotatable bonds is 6. The first-order chi connectivity index (χ1) is 10.6. The molecule has 0 spiro atoms. The lowest BCUT2D eigenvalue weighted by molar-refractivity contribution is -0.116. The second kappa shape index (κ2) is 7.84. The number of amides is 1. The van der Waals surface area contributed by atoms with Crippen LogP contribution in [0.4, 0.5) is 5.69 Å². The summed E-state index contributed by atoms with van der Waals surface area (Å²) in [6, 6.07) is 13.2. The van der Waals surface area contributed by atoms with Crippen LogP contribution in [0.25, 0.3) is 0 Å². The average molecular weight is 364 g/mol. The van der Waals surface area contributed by atoms with Crippen molar-refractivity contribution < 1.29 is 14.3 Å². The Bertz CT molecular complexity index is 658. The number of ether oxygens (including phenoxy) is 2. The molecule has 0 atom stereocenters. The maximum Gasteiger partial charge on any atom is 0.224 e. The molecule has 2 aromatic carbocycles. The SMILES string of the molecule is COc1ccc(NC(=O)CCc2cccc(Br)c2)c(OC)c1. The Morgan fingerprint density at radius 1 is 1.14 bits per heavy atom. The van der Waals surface area contributed by atoms with Crippen LogP contribution in [-0.2, 0) is 11.2 Å². The van der Waals surface area contributed by atoms with Crippen LogP contribution in [0.15, 0.2) is 46.9 Å². The summed E-state index contributed by atoms with van der Waals surface area (Å²) in [5.74, 6) is 1.21. The van der Waals surface area contributed by atoms with Gasteiger partial charge in [-0.05, 0) is 36.2 Å². The van der Waals surface area contributed by atoms with E-state index >= 15 is 0 Å². The standard InChI is InChI=1S/C17H18BrNO3/c1-21-14-7-8-15(16(11-14)22-2)19-17(20)9-6-12-4-3-5-13(18)10-12/h3-5,7-8,10-11H,6,9H2,1-2H3,(H,19,20). The molecule has 1 amide bonds. The number of aryl methyl sites for hydroxylation is 1. The molecule has 0 unspecified atom stereocenters. The number of carbonyl (C=O) groups excluding carboxylic acids is 1. The minimum atomic E-state index is -0.0524. The van der Waals surface area contributed by atoms with E-state index in [9.17, 15) is 4.79 Å². The molecule has 0 heterocycles. The molecule has 5 heteroatoms. The molecule has 1 N–H and O–H groups in total. The Hall–Kier alpha value is -2.01. The topological polar surface area (TPSA) is 47.6 Å². The number of hydrogen-bond acceptors (Lipinski definition) is 3. The molecular weight excluding hydrogens is 346 g/mol. The molecule has 4 nitrogen and oxygen atoms in total. The first-order valence-electron chi connectivity index (χ1n) is 6.88. The molecule has 22 heavy (non-hydrogen) atoms. The van der Waals surface area contributed by atoms with Gasteiger partial charge in [-0.15, -0.1) is 0 Å². The zero-order valence-electron chi connectivity index (χ0n) is 12.6. The van der Waals surface area contributed by atoms with Gasteiger partial charge >= 0.3 is 0 Å². The fraction of sp³-hybridized carbons (Fsp3) is 0.235. The Balaban J connectivity index is 1.97. The van der Waals surface area contributed by atoms with E-state index in [1.807, 2.05) is 24.3 Å². The van der Waals surface area contributed by atoms with Crippen molar-refractivity contribution in [3.63, 3.8) is 0 Å². The highest BCUT2D eigenvalue weighted by Gasteiger charge is 2.09. The third-order valence-electron chi connectivity index (χ3n) is 3.21. The first-order valence-corrected chi connectivity index (χ1v) is 7.68. The zero-order valence-corrected chi connectivity index (χ0v) is 14.1. The molecular formula is C17H18BrNO3. The highest BCUT2D eigenvalue weighted by molar-refractivity contribution is 9.10. The van der Waals surface area contributed by atoms with Crippen molar-refractivity contribution in [3.8, 4) is 11.5 Å². The van der Waals surface area contributed by atoms with Gasteiger partial charge in [0.15, 0.2) is 0 Å². The molecule has 0 aliphatic heterocycles. The number of methoxy groups -OCH3 is 2. The van der Waals surface area contributed by atoms with Crippen LogP contribution in [-0.4, -0.2) is 20.1 Å². The van der Waals surface area contributed by atoms with Crippen molar-refractivity contribution in [3.05, 3.63) is 52.5 Å². The fourth-order valence-corrected chi connectivity index (χ4v) is 2.51. The molecule has 0 saturated carbocycles. The summed E-state index contributed by atoms with van der Waals surface area (Å²) in [4.78, 5) is 12.1. The van der Waals surface area contributed by atoms with E-state index in [-0.39, 0.29) is 5.91 Å². The van der Waals surface area contributed by atoms with Gasteiger partial charge in [0.25, 0.3) is 0 Å². The van der Waals surface area contributed by atoms with Crippen molar-refractivity contribution in [2.45, 2.75) is 12.8 Å². The largest absolute Gasteiger partial charge is 0.497 e. The molecule has 0 bridgehead atoms. The van der Waals surface area contributed by atoms with E-state index in [1.165, 1.54) is 0 Å². The van der Waals surface area contributed by atoms with Gasteiger partial charge in [-0.3, -0.25) is 4.79 Å². The van der Waals surface area contributed by atoms with Gasteiger partial charge in [0.2, 0.25) is 5.91 Å². The summed E-state index contributed by atoms with van der Waals surface area (Å²) in [7, 11) is 3.15. The number of benzene rings is 2. The molecule has 0 aromatic heterocycles. The highest BCUT2D eigenvalue weighted by Crippen LogP contribution is 2.29. The first kappa shape index (κ1) is 16.4. The highest BCUT2D eigenvalue weighted by atomic mass is 79.9. The number of anilines is 1. The Kier molecular flexibility index (Phi) is 5.83. The van der Waals surface area contributed by atoms with Crippen molar-refractivity contribution in [1.82, 2.24) is 0 Å². The van der Waals surface area contributed by atoms with E-state index in [2.05, 4.69) is 21.2 Å². The Morgan fingerprint density at radius 3 is 2.64 bits per heavy atom. The summed E-state index contributed by atoms with van der Waals surface area (Å²) in [6.45, 7) is 0. The van der Waals surface area contributed by atoms with E-state index in [0.29, 0.717) is 30.0 Å². The quantitative estimate of drug-likeness (QED) is 0.842. The minimum Gasteiger partial charge on any atom is -0.497 e. The van der Waals surface area contributed by atoms with Crippen LogP contribution in [0.2, 0.25) is 0 Å². The van der Waals surface area contributed by atoms with E-state index < -0.39 is 0 Å². The zero-order chi connectivity index (χ0) is 15.9. The summed E-state index contributed by atoms with van der Waals surface area (Å²) in [5, 5.41) is 2.87. The van der Waals surface area contributed by atoms with E-state index in [0.717, 1.165) is 10.0 Å². The van der Waals surface area contributed by atoms with Crippen LogP contribution < -0.4 is 14.8 Å². The average Bonchev–Trinajstić information content (AvgIpc) is 2.53. The van der Waals surface area contributed by atoms with Gasteiger partial charge < -0.3 is 14.8 Å². The lowest BCUT2D eigenvalue weighted by Gasteiger charge is -2.11. The summed E-state index contributed by atoms with van der Waals surface area (Å²) in [6.07, 6.45) is 1.09. The molecule has 116 valence electrons. The number of nitrogens with one attached hydrogen (secondary N) is 1. The van der Waals surface area contributed by atoms with Gasteiger partial charge in [-0.25, -0.2) is 0 Å². The molecule has 0 aliphatic rings. The van der Waals surface area contributed by atoms with Crippen molar-refractivity contribution in [2.75, 3.05) is 19.5 Å². The maximum absolute atomic E-state index is 12.1. The van der Waals surface area contributed by atoms with Crippen molar-refractivity contribution >= 4 is 27.5 Å². The smallest absolute Gasteiger partial charge is 0.224 e. The van der Waals surface area contributed by atoms with Crippen LogP contribution in [0.3, 0.4) is 0 Å². The van der Waals surface area contributed by atoms with Crippen LogP contribution in [0.1, 0.15) is 12.0 Å². The van der Waals surface area contributed by atoms with Crippen molar-refractivity contribution in [1.29, 1.82) is 0 Å². The monoisotopic (exact) mass is 363 g/mol. The van der Waals surface area contributed by atoms with Crippen LogP contribution >= 0.6 is 15.9 Å². The van der Waals surface area contributed by atoms with E-state index in [4.69, 9.17) is 9.47 Å². The van der Waals surface area contributed by atoms with Gasteiger partial charge in [0.1, 0.15) is 11.5 Å². The second-order valence-electron chi connectivity index (χ2n) is 4.74. The normalized spacial score (nSPS) is 10.1. The van der Waals surface area contributed by atoms with Crippen LogP contribution in [0.5, 0.6) is 11.5 Å². The summed E-state index contributed by atoms with van der Waals surface area (Å²) in [5.41, 5.74) is 1.76. The second-order valence-corrected chi connectivity index (χ2v) is 5.66. The molecule has 0 radical (unpaired) electrons.